The van der Waals surface area contributed by atoms with Crippen LogP contribution in [-0.4, -0.2) is 34.1 Å². The molecular formula is C15H20BrFN4. The van der Waals surface area contributed by atoms with Gasteiger partial charge in [0.1, 0.15) is 5.82 Å². The fraction of sp³-hybridized carbons (Fsp3) is 0.533. The molecule has 1 aliphatic rings. The number of anilines is 1. The van der Waals surface area contributed by atoms with Crippen molar-refractivity contribution in [1.29, 1.82) is 0 Å². The number of imidazole rings is 1. The molecule has 0 bridgehead atoms. The van der Waals surface area contributed by atoms with Crippen LogP contribution in [0.5, 0.6) is 0 Å². The van der Waals surface area contributed by atoms with Crippen molar-refractivity contribution in [3.63, 3.8) is 0 Å². The highest BCUT2D eigenvalue weighted by Crippen LogP contribution is 2.32. The zero-order valence-electron chi connectivity index (χ0n) is 12.1. The molecule has 21 heavy (non-hydrogen) atoms. The molecule has 0 unspecified atom stereocenters. The molecule has 0 aliphatic carbocycles. The maximum absolute atomic E-state index is 13.6. The lowest BCUT2D eigenvalue weighted by atomic mass is 10.0. The Morgan fingerprint density at radius 2 is 2.10 bits per heavy atom. The van der Waals surface area contributed by atoms with Gasteiger partial charge in [0.2, 0.25) is 5.95 Å². The number of nitrogens with zero attached hydrogens (tertiary/aromatic N) is 3. The van der Waals surface area contributed by atoms with Crippen LogP contribution >= 0.6 is 15.9 Å². The second kappa shape index (κ2) is 5.93. The van der Waals surface area contributed by atoms with E-state index in [9.17, 15) is 4.39 Å². The van der Waals surface area contributed by atoms with Gasteiger partial charge in [0.15, 0.2) is 0 Å². The number of likely N-dealkylation sites (tertiary alicyclic amines) is 1. The SMILES string of the molecule is CCCN1CCC(n2c(N)nc3cc(F)c(Br)cc32)CC1. The molecule has 1 aliphatic heterocycles. The molecule has 1 aromatic heterocycles. The zero-order valence-corrected chi connectivity index (χ0v) is 13.7. The van der Waals surface area contributed by atoms with Gasteiger partial charge >= 0.3 is 0 Å². The van der Waals surface area contributed by atoms with Gasteiger partial charge in [0.05, 0.1) is 15.5 Å². The van der Waals surface area contributed by atoms with Crippen LogP contribution in [0.25, 0.3) is 11.0 Å². The Morgan fingerprint density at radius 3 is 2.76 bits per heavy atom. The molecule has 3 rings (SSSR count). The van der Waals surface area contributed by atoms with E-state index in [-0.39, 0.29) is 5.82 Å². The number of fused-ring (bicyclic) bond motifs is 1. The van der Waals surface area contributed by atoms with Crippen LogP contribution in [0.2, 0.25) is 0 Å². The molecule has 0 spiro atoms. The van der Waals surface area contributed by atoms with E-state index in [1.807, 2.05) is 0 Å². The van der Waals surface area contributed by atoms with E-state index < -0.39 is 0 Å². The summed E-state index contributed by atoms with van der Waals surface area (Å²) in [6.07, 6.45) is 3.31. The van der Waals surface area contributed by atoms with E-state index in [1.165, 1.54) is 12.5 Å². The number of halogens is 2. The van der Waals surface area contributed by atoms with Gasteiger partial charge in [-0.2, -0.15) is 0 Å². The van der Waals surface area contributed by atoms with Crippen molar-refractivity contribution in [3.8, 4) is 0 Å². The Bertz CT molecular complexity index is 647. The van der Waals surface area contributed by atoms with Gasteiger partial charge < -0.3 is 15.2 Å². The van der Waals surface area contributed by atoms with E-state index in [2.05, 4.69) is 37.3 Å². The summed E-state index contributed by atoms with van der Waals surface area (Å²) in [6, 6.07) is 3.57. The van der Waals surface area contributed by atoms with Crippen molar-refractivity contribution < 1.29 is 4.39 Å². The smallest absolute Gasteiger partial charge is 0.201 e. The number of aromatic nitrogens is 2. The van der Waals surface area contributed by atoms with Gasteiger partial charge in [-0.05, 0) is 47.8 Å². The molecule has 1 fully saturated rings. The number of benzene rings is 1. The summed E-state index contributed by atoms with van der Waals surface area (Å²) in [5.74, 6) is 0.182. The molecule has 1 aromatic carbocycles. The Labute approximate surface area is 132 Å². The maximum atomic E-state index is 13.6. The fourth-order valence-corrected chi connectivity index (χ4v) is 3.54. The molecule has 2 heterocycles. The largest absolute Gasteiger partial charge is 0.369 e. The first kappa shape index (κ1) is 14.8. The molecule has 0 atom stereocenters. The molecular weight excluding hydrogens is 335 g/mol. The van der Waals surface area contributed by atoms with Crippen molar-refractivity contribution in [2.75, 3.05) is 25.4 Å². The van der Waals surface area contributed by atoms with Crippen LogP contribution in [0.4, 0.5) is 10.3 Å². The van der Waals surface area contributed by atoms with Crippen LogP contribution in [0.15, 0.2) is 16.6 Å². The number of hydrogen-bond acceptors (Lipinski definition) is 3. The van der Waals surface area contributed by atoms with Crippen LogP contribution in [-0.2, 0) is 0 Å². The molecule has 2 N–H and O–H groups in total. The van der Waals surface area contributed by atoms with Gasteiger partial charge in [-0.25, -0.2) is 9.37 Å². The van der Waals surface area contributed by atoms with Crippen LogP contribution in [0.1, 0.15) is 32.2 Å². The Hall–Kier alpha value is -1.14. The third-order valence-corrected chi connectivity index (χ3v) is 4.83. The van der Waals surface area contributed by atoms with Crippen LogP contribution in [0, 0.1) is 5.82 Å². The Balaban J connectivity index is 1.90. The topological polar surface area (TPSA) is 47.1 Å². The molecule has 1 saturated heterocycles. The van der Waals surface area contributed by atoms with E-state index >= 15 is 0 Å². The van der Waals surface area contributed by atoms with Gasteiger partial charge in [-0.3, -0.25) is 0 Å². The number of piperidine rings is 1. The zero-order chi connectivity index (χ0) is 15.0. The average molecular weight is 355 g/mol. The summed E-state index contributed by atoms with van der Waals surface area (Å²) in [4.78, 5) is 6.80. The standard InChI is InChI=1S/C15H20BrFN4/c1-2-5-20-6-3-10(4-7-20)21-14-8-11(16)12(17)9-13(14)19-15(21)18/h8-10H,2-7H2,1H3,(H2,18,19). The van der Waals surface area contributed by atoms with Crippen molar-refractivity contribution in [1.82, 2.24) is 14.5 Å². The number of rotatable bonds is 3. The number of nitrogen functional groups attached to an aromatic ring is 1. The van der Waals surface area contributed by atoms with Crippen molar-refractivity contribution in [3.05, 3.63) is 22.4 Å². The molecule has 6 heteroatoms. The second-order valence-corrected chi connectivity index (χ2v) is 6.52. The van der Waals surface area contributed by atoms with Crippen LogP contribution < -0.4 is 5.73 Å². The first-order chi connectivity index (χ1) is 10.1. The Kier molecular flexibility index (Phi) is 4.17. The minimum atomic E-state index is -0.301. The minimum Gasteiger partial charge on any atom is -0.369 e. The molecule has 114 valence electrons. The molecule has 4 nitrogen and oxygen atoms in total. The highest BCUT2D eigenvalue weighted by Gasteiger charge is 2.24. The third kappa shape index (κ3) is 2.79. The lowest BCUT2D eigenvalue weighted by Crippen LogP contribution is -2.35. The third-order valence-electron chi connectivity index (χ3n) is 4.22. The van der Waals surface area contributed by atoms with E-state index in [1.54, 1.807) is 6.07 Å². The number of nitrogens with two attached hydrogens (primary N) is 1. The summed E-state index contributed by atoms with van der Waals surface area (Å²) in [6.45, 7) is 5.53. The normalized spacial score (nSPS) is 17.7. The first-order valence-corrected chi connectivity index (χ1v) is 8.24. The predicted octanol–water partition coefficient (Wildman–Crippen LogP) is 3.57. The molecule has 0 radical (unpaired) electrons. The quantitative estimate of drug-likeness (QED) is 0.916. The summed E-state index contributed by atoms with van der Waals surface area (Å²) >= 11 is 3.25. The summed E-state index contributed by atoms with van der Waals surface area (Å²) in [5, 5.41) is 0. The van der Waals surface area contributed by atoms with Crippen molar-refractivity contribution in [2.24, 2.45) is 0 Å². The summed E-state index contributed by atoms with van der Waals surface area (Å²) in [7, 11) is 0. The highest BCUT2D eigenvalue weighted by molar-refractivity contribution is 9.10. The predicted molar refractivity (Wildman–Crippen MR) is 86.8 cm³/mol. The fourth-order valence-electron chi connectivity index (χ4n) is 3.21. The van der Waals surface area contributed by atoms with Crippen molar-refractivity contribution >= 4 is 32.9 Å². The highest BCUT2D eigenvalue weighted by atomic mass is 79.9. The van der Waals surface area contributed by atoms with Gasteiger partial charge in [-0.15, -0.1) is 0 Å². The molecule has 0 saturated carbocycles. The lowest BCUT2D eigenvalue weighted by molar-refractivity contribution is 0.189. The maximum Gasteiger partial charge on any atom is 0.201 e. The summed E-state index contributed by atoms with van der Waals surface area (Å²) in [5.41, 5.74) is 7.62. The van der Waals surface area contributed by atoms with Crippen molar-refractivity contribution in [2.45, 2.75) is 32.2 Å². The second-order valence-electron chi connectivity index (χ2n) is 5.67. The van der Waals surface area contributed by atoms with Gasteiger partial charge in [-0.1, -0.05) is 6.92 Å². The first-order valence-electron chi connectivity index (χ1n) is 7.45. The van der Waals surface area contributed by atoms with E-state index in [0.29, 0.717) is 22.0 Å². The Morgan fingerprint density at radius 1 is 1.38 bits per heavy atom. The van der Waals surface area contributed by atoms with Gasteiger partial charge in [0.25, 0.3) is 0 Å². The number of hydrogen-bond donors (Lipinski definition) is 1. The van der Waals surface area contributed by atoms with Gasteiger partial charge in [0, 0.05) is 25.2 Å². The van der Waals surface area contributed by atoms with E-state index in [4.69, 9.17) is 5.73 Å². The van der Waals surface area contributed by atoms with E-state index in [0.717, 1.165) is 38.0 Å². The van der Waals surface area contributed by atoms with Crippen LogP contribution in [0.3, 0.4) is 0 Å². The average Bonchev–Trinajstić information content (AvgIpc) is 2.76. The molecule has 0 amide bonds. The molecule has 2 aromatic rings. The lowest BCUT2D eigenvalue weighted by Gasteiger charge is -2.33. The monoisotopic (exact) mass is 354 g/mol. The minimum absolute atomic E-state index is 0.301. The summed E-state index contributed by atoms with van der Waals surface area (Å²) < 4.78 is 16.2.